The van der Waals surface area contributed by atoms with Crippen LogP contribution in [0.2, 0.25) is 0 Å². The fourth-order valence-electron chi connectivity index (χ4n) is 7.10. The number of pyridine rings is 3. The minimum Gasteiger partial charge on any atom is -0.481 e. The SMILES string of the molecule is COc1ccc(C(CO)N(CCO)Cc2ccc(F)c(F)c2)cn1.COc1ccc(C(Cl)CN(CCCl)Cc2ccc(F)c(F)c2)cn1.COc1ccc(C(O)CN(CCO)Cc2ccc(F)c(F)c2)cn1.O=S(Cl)Cl. The van der Waals surface area contributed by atoms with Crippen molar-refractivity contribution in [3.05, 3.63) is 178 Å². The molecule has 0 saturated heterocycles. The first-order chi connectivity index (χ1) is 36.4. The number of rotatable bonds is 24. The Morgan fingerprint density at radius 3 is 1.30 bits per heavy atom. The molecule has 76 heavy (non-hydrogen) atoms. The van der Waals surface area contributed by atoms with Crippen molar-refractivity contribution in [3.8, 4) is 17.6 Å². The first-order valence-corrected chi connectivity index (χ1v) is 26.6. The lowest BCUT2D eigenvalue weighted by molar-refractivity contribution is 0.0949. The Morgan fingerprint density at radius 1 is 0.553 bits per heavy atom. The molecule has 0 fully saturated rings. The maximum atomic E-state index is 13.4. The summed E-state index contributed by atoms with van der Waals surface area (Å²) < 4.78 is 103. The minimum absolute atomic E-state index is 0.114. The molecule has 6 aromatic rings. The number of nitrogens with zero attached hydrogens (tertiary/aromatic N) is 6. The number of hydrogen-bond donors (Lipinski definition) is 4. The summed E-state index contributed by atoms with van der Waals surface area (Å²) in [6.45, 7) is 2.33. The molecule has 25 heteroatoms. The first-order valence-electron chi connectivity index (χ1n) is 22.8. The zero-order valence-corrected chi connectivity index (χ0v) is 45.2. The van der Waals surface area contributed by atoms with Gasteiger partial charge in [0.05, 0.1) is 58.7 Å². The maximum Gasteiger partial charge on any atom is 0.212 e. The van der Waals surface area contributed by atoms with Gasteiger partial charge in [0.1, 0.15) is 0 Å². The first kappa shape index (κ1) is 65.4. The van der Waals surface area contributed by atoms with Crippen molar-refractivity contribution >= 4 is 53.8 Å². The van der Waals surface area contributed by atoms with E-state index in [2.05, 4.69) is 36.3 Å². The van der Waals surface area contributed by atoms with E-state index in [9.17, 15) is 46.8 Å². The van der Waals surface area contributed by atoms with Crippen LogP contribution in [0.3, 0.4) is 0 Å². The highest BCUT2D eigenvalue weighted by Gasteiger charge is 2.22. The van der Waals surface area contributed by atoms with Crippen molar-refractivity contribution in [2.24, 2.45) is 0 Å². The molecule has 0 aliphatic heterocycles. The van der Waals surface area contributed by atoms with Gasteiger partial charge in [0.2, 0.25) is 26.9 Å². The van der Waals surface area contributed by atoms with Crippen LogP contribution in [0.5, 0.6) is 17.6 Å². The number of alkyl halides is 2. The maximum absolute atomic E-state index is 13.4. The van der Waals surface area contributed by atoms with Crippen LogP contribution < -0.4 is 14.2 Å². The predicted molar refractivity (Wildman–Crippen MR) is 281 cm³/mol. The molecule has 14 nitrogen and oxygen atoms in total. The summed E-state index contributed by atoms with van der Waals surface area (Å²) in [5.74, 6) is -3.57. The zero-order valence-electron chi connectivity index (χ0n) is 41.4. The van der Waals surface area contributed by atoms with E-state index in [-0.39, 0.29) is 51.4 Å². The van der Waals surface area contributed by atoms with Gasteiger partial charge in [-0.25, -0.2) is 45.5 Å². The largest absolute Gasteiger partial charge is 0.481 e. The topological polar surface area (TPSA) is 174 Å². The van der Waals surface area contributed by atoms with E-state index >= 15 is 0 Å². The predicted octanol–water partition coefficient (Wildman–Crippen LogP) is 9.22. The van der Waals surface area contributed by atoms with Crippen molar-refractivity contribution in [1.82, 2.24) is 29.7 Å². The number of methoxy groups -OCH3 is 3. The second kappa shape index (κ2) is 35.5. The van der Waals surface area contributed by atoms with Crippen LogP contribution in [0.4, 0.5) is 26.3 Å². The summed E-state index contributed by atoms with van der Waals surface area (Å²) in [6.07, 6.45) is 3.92. The van der Waals surface area contributed by atoms with E-state index in [0.717, 1.165) is 41.5 Å². The van der Waals surface area contributed by atoms with Crippen molar-refractivity contribution in [2.75, 3.05) is 79.8 Å². The number of halogens is 10. The third-order valence-corrected chi connectivity index (χ3v) is 11.4. The number of ether oxygens (including phenoxy) is 3. The quantitative estimate of drug-likeness (QED) is 0.0257. The van der Waals surface area contributed by atoms with Crippen molar-refractivity contribution < 1.29 is 65.2 Å². The van der Waals surface area contributed by atoms with Gasteiger partial charge in [0, 0.05) is 122 Å². The second-order valence-electron chi connectivity index (χ2n) is 16.1. The van der Waals surface area contributed by atoms with Crippen LogP contribution in [-0.4, -0.2) is 134 Å². The third kappa shape index (κ3) is 23.4. The Bertz CT molecular complexity index is 2520. The Hall–Kier alpha value is -4.88. The highest BCUT2D eigenvalue weighted by molar-refractivity contribution is 8.26. The standard InChI is InChI=1S/C17H18Cl2F2N2O.2C17H20F2N2O3.Cl2OS/c1-24-17-5-3-13(9-22-17)14(19)11-23(7-6-18)10-12-2-4-15(20)16(21)8-12;1-24-17-5-3-13(9-20-17)16(11-23)21(6-7-22)10-12-2-4-14(18)15(19)8-12;1-24-17-5-3-13(9-20-17)16(23)11-21(6-7-22)10-12-2-4-14(18)15(19)8-12;1-4(2)3/h2-5,8-9,14H,6-7,10-11H2,1H3;2*2-5,8-9,16,22-23H,6-7,10-11H2,1H3;. The zero-order chi connectivity index (χ0) is 56.2. The van der Waals surface area contributed by atoms with Gasteiger partial charge in [0.25, 0.3) is 0 Å². The molecular formula is C51H58Cl4F6N6O8S. The summed E-state index contributed by atoms with van der Waals surface area (Å²) in [5.41, 5.74) is 3.95. The minimum atomic E-state index is -1.67. The third-order valence-electron chi connectivity index (χ3n) is 10.9. The summed E-state index contributed by atoms with van der Waals surface area (Å²) in [6, 6.07) is 21.1. The van der Waals surface area contributed by atoms with E-state index < -0.39 is 56.3 Å². The van der Waals surface area contributed by atoms with Gasteiger partial charge in [0.15, 0.2) is 34.9 Å². The van der Waals surface area contributed by atoms with E-state index in [0.29, 0.717) is 72.0 Å². The molecule has 4 N–H and O–H groups in total. The molecule has 0 bridgehead atoms. The molecule has 3 heterocycles. The summed E-state index contributed by atoms with van der Waals surface area (Å²) in [5, 5.41) is 38.2. The highest BCUT2D eigenvalue weighted by Crippen LogP contribution is 2.26. The number of aliphatic hydroxyl groups is 4. The molecule has 0 saturated carbocycles. The molecule has 416 valence electrons. The van der Waals surface area contributed by atoms with E-state index in [1.54, 1.807) is 65.7 Å². The van der Waals surface area contributed by atoms with Gasteiger partial charge in [-0.15, -0.1) is 23.2 Å². The molecule has 0 aliphatic carbocycles. The molecule has 0 spiro atoms. The molecule has 6 rings (SSSR count). The number of aliphatic hydroxyl groups excluding tert-OH is 4. The monoisotopic (exact) mass is 1170 g/mol. The van der Waals surface area contributed by atoms with Crippen molar-refractivity contribution in [2.45, 2.75) is 37.2 Å². The fourth-order valence-corrected chi connectivity index (χ4v) is 7.66. The molecule has 3 aromatic carbocycles. The van der Waals surface area contributed by atoms with Crippen LogP contribution in [0, 0.1) is 34.9 Å². The molecular weight excluding hydrogens is 1110 g/mol. The smallest absolute Gasteiger partial charge is 0.212 e. The fraction of sp³-hybridized carbons (Fsp3) is 0.353. The number of benzene rings is 3. The summed E-state index contributed by atoms with van der Waals surface area (Å²) >= 11 is 12.3. The van der Waals surface area contributed by atoms with E-state index in [1.165, 1.54) is 38.6 Å². The summed E-state index contributed by atoms with van der Waals surface area (Å²) in [4.78, 5) is 17.8. The van der Waals surface area contributed by atoms with Crippen LogP contribution in [0.15, 0.2) is 110 Å². The lowest BCUT2D eigenvalue weighted by atomic mass is 10.1. The van der Waals surface area contributed by atoms with Gasteiger partial charge in [-0.2, -0.15) is 0 Å². The summed E-state index contributed by atoms with van der Waals surface area (Å²) in [7, 11) is 11.9. The molecule has 3 aromatic heterocycles. The van der Waals surface area contributed by atoms with Crippen LogP contribution in [0.25, 0.3) is 0 Å². The Kier molecular flexibility index (Phi) is 30.6. The molecule has 0 amide bonds. The van der Waals surface area contributed by atoms with Gasteiger partial charge in [-0.3, -0.25) is 14.7 Å². The van der Waals surface area contributed by atoms with Crippen LogP contribution in [0.1, 0.15) is 50.9 Å². The second-order valence-corrected chi connectivity index (χ2v) is 19.5. The van der Waals surface area contributed by atoms with Crippen LogP contribution >= 0.6 is 44.6 Å². The Labute approximate surface area is 458 Å². The van der Waals surface area contributed by atoms with Gasteiger partial charge in [-0.1, -0.05) is 30.3 Å². The molecule has 0 radical (unpaired) electrons. The normalized spacial score (nSPS) is 12.2. The number of aromatic nitrogens is 3. The average molecular weight is 1170 g/mol. The van der Waals surface area contributed by atoms with Crippen molar-refractivity contribution in [3.63, 3.8) is 0 Å². The van der Waals surface area contributed by atoms with Crippen molar-refractivity contribution in [1.29, 1.82) is 0 Å². The van der Waals surface area contributed by atoms with Gasteiger partial charge in [-0.05, 0) is 70.3 Å². The molecule has 3 atom stereocenters. The Balaban J connectivity index is 0.000000289. The Morgan fingerprint density at radius 2 is 0.947 bits per heavy atom. The lowest BCUT2D eigenvalue weighted by Crippen LogP contribution is -2.33. The van der Waals surface area contributed by atoms with Crippen LogP contribution in [-0.2, 0) is 28.9 Å². The molecule has 0 aliphatic rings. The highest BCUT2D eigenvalue weighted by atomic mass is 36.0. The van der Waals surface area contributed by atoms with E-state index in [1.807, 2.05) is 11.0 Å². The average Bonchev–Trinajstić information content (AvgIpc) is 3.40. The molecule has 3 unspecified atom stereocenters. The number of hydrogen-bond acceptors (Lipinski definition) is 14. The lowest BCUT2D eigenvalue weighted by Gasteiger charge is -2.30. The van der Waals surface area contributed by atoms with E-state index in [4.69, 9.17) is 41.6 Å². The van der Waals surface area contributed by atoms with Gasteiger partial charge < -0.3 is 34.6 Å². The van der Waals surface area contributed by atoms with Gasteiger partial charge >= 0.3 is 0 Å².